The SMILES string of the molecule is CCCN(C(=O)Nc1nccs1)C1CCN(Cc2ccccc2)CC1. The lowest BCUT2D eigenvalue weighted by atomic mass is 10.0. The molecule has 1 aromatic carbocycles. The molecule has 0 radical (unpaired) electrons. The van der Waals surface area contributed by atoms with E-state index in [0.29, 0.717) is 11.2 Å². The third-order valence-electron chi connectivity index (χ3n) is 4.62. The first-order chi connectivity index (χ1) is 12.3. The summed E-state index contributed by atoms with van der Waals surface area (Å²) >= 11 is 1.46. The molecule has 1 aromatic heterocycles. The molecule has 0 atom stereocenters. The highest BCUT2D eigenvalue weighted by Gasteiger charge is 2.27. The van der Waals surface area contributed by atoms with Crippen LogP contribution in [0.15, 0.2) is 41.9 Å². The van der Waals surface area contributed by atoms with Gasteiger partial charge in [-0.15, -0.1) is 11.3 Å². The zero-order chi connectivity index (χ0) is 17.5. The van der Waals surface area contributed by atoms with E-state index < -0.39 is 0 Å². The molecule has 0 unspecified atom stereocenters. The van der Waals surface area contributed by atoms with Crippen LogP contribution in [-0.4, -0.2) is 46.5 Å². The molecular weight excluding hydrogens is 332 g/mol. The predicted octanol–water partition coefficient (Wildman–Crippen LogP) is 4.05. The number of carbonyl (C=O) groups excluding carboxylic acids is 1. The fourth-order valence-electron chi connectivity index (χ4n) is 3.37. The van der Waals surface area contributed by atoms with Gasteiger partial charge in [-0.3, -0.25) is 10.2 Å². The predicted molar refractivity (Wildman–Crippen MR) is 103 cm³/mol. The number of hydrogen-bond donors (Lipinski definition) is 1. The summed E-state index contributed by atoms with van der Waals surface area (Å²) in [6, 6.07) is 10.9. The second-order valence-electron chi connectivity index (χ2n) is 6.45. The highest BCUT2D eigenvalue weighted by Crippen LogP contribution is 2.20. The number of nitrogens with one attached hydrogen (secondary N) is 1. The van der Waals surface area contributed by atoms with E-state index in [4.69, 9.17) is 0 Å². The van der Waals surface area contributed by atoms with E-state index in [-0.39, 0.29) is 6.03 Å². The van der Waals surface area contributed by atoms with Gasteiger partial charge in [-0.05, 0) is 24.8 Å². The number of thiazole rings is 1. The number of hydrogen-bond acceptors (Lipinski definition) is 4. The van der Waals surface area contributed by atoms with Gasteiger partial charge in [-0.2, -0.15) is 0 Å². The normalized spacial score (nSPS) is 15.9. The molecule has 2 amide bonds. The molecule has 0 aliphatic carbocycles. The maximum Gasteiger partial charge on any atom is 0.323 e. The smallest absolute Gasteiger partial charge is 0.321 e. The van der Waals surface area contributed by atoms with E-state index in [1.54, 1.807) is 6.20 Å². The lowest BCUT2D eigenvalue weighted by Crippen LogP contribution is -2.48. The van der Waals surface area contributed by atoms with Gasteiger partial charge in [0.2, 0.25) is 0 Å². The standard InChI is InChI=1S/C19H26N4OS/c1-2-11-23(19(24)21-18-20-10-14-25-18)17-8-12-22(13-9-17)15-16-6-4-3-5-7-16/h3-7,10,14,17H,2,8-9,11-13,15H2,1H3,(H,20,21,24). The molecule has 0 spiro atoms. The number of likely N-dealkylation sites (tertiary alicyclic amines) is 1. The van der Waals surface area contributed by atoms with Crippen molar-refractivity contribution in [3.8, 4) is 0 Å². The highest BCUT2D eigenvalue weighted by atomic mass is 32.1. The Kier molecular flexibility index (Phi) is 6.42. The zero-order valence-corrected chi connectivity index (χ0v) is 15.5. The Morgan fingerprint density at radius 2 is 2.08 bits per heavy atom. The molecule has 0 bridgehead atoms. The first kappa shape index (κ1) is 17.9. The molecule has 3 rings (SSSR count). The summed E-state index contributed by atoms with van der Waals surface area (Å²) in [7, 11) is 0. The average molecular weight is 359 g/mol. The lowest BCUT2D eigenvalue weighted by Gasteiger charge is -2.38. The molecule has 2 aromatic rings. The Morgan fingerprint density at radius 1 is 1.32 bits per heavy atom. The number of nitrogens with zero attached hydrogens (tertiary/aromatic N) is 3. The quantitative estimate of drug-likeness (QED) is 0.847. The number of amides is 2. The number of carbonyl (C=O) groups is 1. The van der Waals surface area contributed by atoms with Crippen molar-refractivity contribution in [2.45, 2.75) is 38.8 Å². The maximum atomic E-state index is 12.6. The van der Waals surface area contributed by atoms with Crippen molar-refractivity contribution in [1.29, 1.82) is 0 Å². The second kappa shape index (κ2) is 8.97. The summed E-state index contributed by atoms with van der Waals surface area (Å²) in [6.07, 6.45) is 4.73. The van der Waals surface area contributed by atoms with Crippen LogP contribution in [0.2, 0.25) is 0 Å². The number of aromatic nitrogens is 1. The Bertz CT molecular complexity index is 639. The van der Waals surface area contributed by atoms with Crippen LogP contribution in [0.1, 0.15) is 31.7 Å². The van der Waals surface area contributed by atoms with Gasteiger partial charge in [0.25, 0.3) is 0 Å². The Morgan fingerprint density at radius 3 is 2.72 bits per heavy atom. The van der Waals surface area contributed by atoms with Gasteiger partial charge in [0.05, 0.1) is 0 Å². The topological polar surface area (TPSA) is 48.5 Å². The molecule has 1 fully saturated rings. The first-order valence-corrected chi connectivity index (χ1v) is 9.87. The molecule has 6 heteroatoms. The van der Waals surface area contributed by atoms with Crippen molar-refractivity contribution in [3.63, 3.8) is 0 Å². The zero-order valence-electron chi connectivity index (χ0n) is 14.7. The van der Waals surface area contributed by atoms with Crippen molar-refractivity contribution in [3.05, 3.63) is 47.5 Å². The summed E-state index contributed by atoms with van der Waals surface area (Å²) in [5, 5.41) is 5.49. The van der Waals surface area contributed by atoms with E-state index in [0.717, 1.165) is 45.4 Å². The summed E-state index contributed by atoms with van der Waals surface area (Å²) in [5.41, 5.74) is 1.35. The summed E-state index contributed by atoms with van der Waals surface area (Å²) in [4.78, 5) is 21.3. The maximum absolute atomic E-state index is 12.6. The van der Waals surface area contributed by atoms with Gasteiger partial charge in [-0.25, -0.2) is 9.78 Å². The van der Waals surface area contributed by atoms with Crippen LogP contribution in [0, 0.1) is 0 Å². The Hall–Kier alpha value is -1.92. The summed E-state index contributed by atoms with van der Waals surface area (Å²) in [6.45, 7) is 5.97. The minimum absolute atomic E-state index is 0.0155. The second-order valence-corrected chi connectivity index (χ2v) is 7.35. The molecular formula is C19H26N4OS. The van der Waals surface area contributed by atoms with Crippen LogP contribution in [0.25, 0.3) is 0 Å². The molecule has 134 valence electrons. The highest BCUT2D eigenvalue weighted by molar-refractivity contribution is 7.13. The molecule has 1 N–H and O–H groups in total. The minimum atomic E-state index is -0.0155. The molecule has 25 heavy (non-hydrogen) atoms. The summed E-state index contributed by atoms with van der Waals surface area (Å²) < 4.78 is 0. The van der Waals surface area contributed by atoms with Crippen molar-refractivity contribution in [2.75, 3.05) is 25.0 Å². The monoisotopic (exact) mass is 358 g/mol. The van der Waals surface area contributed by atoms with E-state index in [1.807, 2.05) is 10.3 Å². The molecule has 1 aliphatic heterocycles. The Labute approximate surface area is 153 Å². The van der Waals surface area contributed by atoms with Crippen LogP contribution in [-0.2, 0) is 6.54 Å². The largest absolute Gasteiger partial charge is 0.323 e. The number of urea groups is 1. The van der Waals surface area contributed by atoms with Gasteiger partial charge in [-0.1, -0.05) is 37.3 Å². The van der Waals surface area contributed by atoms with Gasteiger partial charge in [0, 0.05) is 43.8 Å². The van der Waals surface area contributed by atoms with Gasteiger partial charge in [0.1, 0.15) is 0 Å². The van der Waals surface area contributed by atoms with Crippen molar-refractivity contribution >= 4 is 22.5 Å². The third-order valence-corrected chi connectivity index (χ3v) is 5.31. The average Bonchev–Trinajstić information content (AvgIpc) is 3.14. The molecule has 1 saturated heterocycles. The molecule has 5 nitrogen and oxygen atoms in total. The van der Waals surface area contributed by atoms with Crippen molar-refractivity contribution in [1.82, 2.24) is 14.8 Å². The fourth-order valence-corrected chi connectivity index (χ4v) is 3.89. The van der Waals surface area contributed by atoms with Gasteiger partial charge >= 0.3 is 6.03 Å². The van der Waals surface area contributed by atoms with Gasteiger partial charge in [0.15, 0.2) is 5.13 Å². The van der Waals surface area contributed by atoms with Crippen LogP contribution in [0.3, 0.4) is 0 Å². The number of rotatable bonds is 6. The first-order valence-electron chi connectivity index (χ1n) is 8.99. The van der Waals surface area contributed by atoms with Gasteiger partial charge < -0.3 is 4.90 Å². The van der Waals surface area contributed by atoms with Crippen LogP contribution in [0.5, 0.6) is 0 Å². The summed E-state index contributed by atoms with van der Waals surface area (Å²) in [5.74, 6) is 0. The number of anilines is 1. The van der Waals surface area contributed by atoms with Crippen LogP contribution in [0.4, 0.5) is 9.93 Å². The van der Waals surface area contributed by atoms with Crippen molar-refractivity contribution < 1.29 is 4.79 Å². The lowest BCUT2D eigenvalue weighted by molar-refractivity contribution is 0.123. The molecule has 2 heterocycles. The fraction of sp³-hybridized carbons (Fsp3) is 0.474. The number of benzene rings is 1. The Balaban J connectivity index is 1.54. The van der Waals surface area contributed by atoms with E-state index in [9.17, 15) is 4.79 Å². The van der Waals surface area contributed by atoms with Crippen LogP contribution >= 0.6 is 11.3 Å². The van der Waals surface area contributed by atoms with E-state index >= 15 is 0 Å². The number of piperidine rings is 1. The van der Waals surface area contributed by atoms with Crippen molar-refractivity contribution in [2.24, 2.45) is 0 Å². The molecule has 1 aliphatic rings. The van der Waals surface area contributed by atoms with E-state index in [1.165, 1.54) is 16.9 Å². The third kappa shape index (κ3) is 5.03. The van der Waals surface area contributed by atoms with Crippen LogP contribution < -0.4 is 5.32 Å². The molecule has 0 saturated carbocycles. The minimum Gasteiger partial charge on any atom is -0.321 e. The van der Waals surface area contributed by atoms with E-state index in [2.05, 4.69) is 52.5 Å².